The van der Waals surface area contributed by atoms with Crippen LogP contribution in [-0.2, 0) is 12.4 Å². The van der Waals surface area contributed by atoms with E-state index in [0.717, 1.165) is 24.3 Å². The van der Waals surface area contributed by atoms with Gasteiger partial charge in [0.2, 0.25) is 0 Å². The van der Waals surface area contributed by atoms with Gasteiger partial charge in [0.25, 0.3) is 0 Å². The minimum absolute atomic E-state index is 0.186. The molecule has 0 bridgehead atoms. The third kappa shape index (κ3) is 3.35. The van der Waals surface area contributed by atoms with Crippen LogP contribution in [0.4, 0.5) is 26.3 Å². The first-order valence-electron chi connectivity index (χ1n) is 6.76. The van der Waals surface area contributed by atoms with Gasteiger partial charge in [-0.15, -0.1) is 0 Å². The third-order valence-electron chi connectivity index (χ3n) is 3.78. The van der Waals surface area contributed by atoms with Crippen molar-refractivity contribution in [3.8, 4) is 0 Å². The van der Waals surface area contributed by atoms with Crippen LogP contribution < -0.4 is 0 Å². The zero-order valence-corrected chi connectivity index (χ0v) is 11.5. The van der Waals surface area contributed by atoms with Crippen LogP contribution in [0.15, 0.2) is 48.5 Å². The molecule has 120 valence electrons. The minimum atomic E-state index is -4.39. The predicted octanol–water partition coefficient (Wildman–Crippen LogP) is 5.69. The Hall–Kier alpha value is -1.98. The maximum Gasteiger partial charge on any atom is 0.416 e. The number of rotatable bonds is 2. The topological polar surface area (TPSA) is 0 Å². The fourth-order valence-corrected chi connectivity index (χ4v) is 2.47. The average Bonchev–Trinajstić information content (AvgIpc) is 3.26. The highest BCUT2D eigenvalue weighted by Gasteiger charge is 2.41. The quantitative estimate of drug-likeness (QED) is 0.622. The Bertz CT molecular complexity index is 618. The molecule has 3 rings (SSSR count). The van der Waals surface area contributed by atoms with Crippen molar-refractivity contribution in [3.05, 3.63) is 77.2 Å². The highest BCUT2D eigenvalue weighted by molar-refractivity contribution is 5.45. The molecule has 2 radical (unpaired) electrons. The Morgan fingerprint density at radius 3 is 1.13 bits per heavy atom. The molecule has 1 saturated carbocycles. The average molecular weight is 328 g/mol. The van der Waals surface area contributed by atoms with Crippen LogP contribution in [-0.4, -0.2) is 0 Å². The maximum absolute atomic E-state index is 12.5. The predicted molar refractivity (Wildman–Crippen MR) is 71.6 cm³/mol. The van der Waals surface area contributed by atoms with E-state index in [1.165, 1.54) is 24.3 Å². The maximum atomic E-state index is 12.5. The second-order valence-corrected chi connectivity index (χ2v) is 5.36. The SMILES string of the molecule is FC(F)(F)c1ccc([C@@H]2[C][C@H]2c2ccc(C(F)(F)F)cc2)cc1. The molecule has 2 atom stereocenters. The molecule has 0 aromatic heterocycles. The molecule has 2 aromatic rings. The summed E-state index contributed by atoms with van der Waals surface area (Å²) in [6, 6.07) is 9.51. The second-order valence-electron chi connectivity index (χ2n) is 5.36. The van der Waals surface area contributed by atoms with Gasteiger partial charge in [-0.2, -0.15) is 26.3 Å². The zero-order valence-electron chi connectivity index (χ0n) is 11.5. The Kier molecular flexibility index (Phi) is 3.65. The van der Waals surface area contributed by atoms with Gasteiger partial charge in [0, 0.05) is 6.42 Å². The number of benzene rings is 2. The Morgan fingerprint density at radius 1 is 0.565 bits per heavy atom. The van der Waals surface area contributed by atoms with Gasteiger partial charge in [0.1, 0.15) is 0 Å². The summed E-state index contributed by atoms with van der Waals surface area (Å²) < 4.78 is 75.0. The fraction of sp³-hybridized carbons (Fsp3) is 0.235. The zero-order chi connectivity index (χ0) is 16.8. The second kappa shape index (κ2) is 5.28. The van der Waals surface area contributed by atoms with Gasteiger partial charge in [0.05, 0.1) is 11.1 Å². The highest BCUT2D eigenvalue weighted by atomic mass is 19.4. The molecule has 0 spiro atoms. The van der Waals surface area contributed by atoms with Gasteiger partial charge in [-0.05, 0) is 47.2 Å². The van der Waals surface area contributed by atoms with Crippen LogP contribution in [0, 0.1) is 6.42 Å². The van der Waals surface area contributed by atoms with E-state index < -0.39 is 23.5 Å². The van der Waals surface area contributed by atoms with Crippen molar-refractivity contribution < 1.29 is 26.3 Å². The van der Waals surface area contributed by atoms with Gasteiger partial charge in [0.15, 0.2) is 0 Å². The van der Waals surface area contributed by atoms with Crippen LogP contribution in [0.5, 0.6) is 0 Å². The van der Waals surface area contributed by atoms with Crippen LogP contribution >= 0.6 is 0 Å². The molecule has 2 aromatic carbocycles. The minimum Gasteiger partial charge on any atom is -0.166 e. The third-order valence-corrected chi connectivity index (χ3v) is 3.78. The lowest BCUT2D eigenvalue weighted by Gasteiger charge is -2.08. The monoisotopic (exact) mass is 328 g/mol. The van der Waals surface area contributed by atoms with Crippen molar-refractivity contribution >= 4 is 0 Å². The molecule has 0 unspecified atom stereocenters. The van der Waals surface area contributed by atoms with Gasteiger partial charge in [-0.25, -0.2) is 0 Å². The van der Waals surface area contributed by atoms with E-state index in [2.05, 4.69) is 6.42 Å². The van der Waals surface area contributed by atoms with Crippen molar-refractivity contribution in [2.24, 2.45) is 0 Å². The van der Waals surface area contributed by atoms with Gasteiger partial charge >= 0.3 is 12.4 Å². The summed E-state index contributed by atoms with van der Waals surface area (Å²) in [5.41, 5.74) is -0.119. The lowest BCUT2D eigenvalue weighted by molar-refractivity contribution is -0.138. The van der Waals surface area contributed by atoms with Gasteiger partial charge < -0.3 is 0 Å². The van der Waals surface area contributed by atoms with E-state index in [0.29, 0.717) is 11.1 Å². The van der Waals surface area contributed by atoms with Crippen LogP contribution in [0.3, 0.4) is 0 Å². The normalized spacial score (nSPS) is 21.3. The molecule has 0 saturated heterocycles. The van der Waals surface area contributed by atoms with Crippen molar-refractivity contribution in [1.29, 1.82) is 0 Å². The Morgan fingerprint density at radius 2 is 0.870 bits per heavy atom. The number of hydrogen-bond acceptors (Lipinski definition) is 0. The molecule has 0 heterocycles. The van der Waals surface area contributed by atoms with E-state index in [-0.39, 0.29) is 11.8 Å². The molecule has 0 N–H and O–H groups in total. The number of alkyl halides is 6. The molecule has 6 heteroatoms. The Balaban J connectivity index is 1.72. The molecular weight excluding hydrogens is 318 g/mol. The largest absolute Gasteiger partial charge is 0.416 e. The molecule has 1 aliphatic rings. The van der Waals surface area contributed by atoms with Crippen LogP contribution in [0.25, 0.3) is 0 Å². The van der Waals surface area contributed by atoms with Crippen LogP contribution in [0.2, 0.25) is 0 Å². The first kappa shape index (κ1) is 15.9. The smallest absolute Gasteiger partial charge is 0.166 e. The number of halogens is 6. The van der Waals surface area contributed by atoms with E-state index in [1.54, 1.807) is 0 Å². The summed E-state index contributed by atoms with van der Waals surface area (Å²) in [4.78, 5) is 0. The summed E-state index contributed by atoms with van der Waals surface area (Å²) in [6.45, 7) is 0. The molecular formula is C17H10F6. The molecule has 0 amide bonds. The van der Waals surface area contributed by atoms with Crippen molar-refractivity contribution in [3.63, 3.8) is 0 Å². The van der Waals surface area contributed by atoms with E-state index in [9.17, 15) is 26.3 Å². The van der Waals surface area contributed by atoms with Crippen molar-refractivity contribution in [2.45, 2.75) is 24.2 Å². The summed E-state index contributed by atoms with van der Waals surface area (Å²) in [5, 5.41) is 0. The summed E-state index contributed by atoms with van der Waals surface area (Å²) >= 11 is 0. The number of hydrogen-bond donors (Lipinski definition) is 0. The Labute approximate surface area is 128 Å². The van der Waals surface area contributed by atoms with Crippen LogP contribution in [0.1, 0.15) is 34.1 Å². The fourth-order valence-electron chi connectivity index (χ4n) is 2.47. The van der Waals surface area contributed by atoms with Gasteiger partial charge in [-0.1, -0.05) is 24.3 Å². The first-order chi connectivity index (χ1) is 10.7. The van der Waals surface area contributed by atoms with E-state index in [1.807, 2.05) is 0 Å². The highest BCUT2D eigenvalue weighted by Crippen LogP contribution is 2.53. The lowest BCUT2D eigenvalue weighted by atomic mass is 10.0. The van der Waals surface area contributed by atoms with Crippen molar-refractivity contribution in [1.82, 2.24) is 0 Å². The standard InChI is InChI=1S/C17H10F6/c18-16(19,20)12-5-1-10(2-6-12)14-9-15(14)11-3-7-13(8-4-11)17(21,22)23/h1-8,14-15H/t14-,15-/m0/s1. The molecule has 1 aliphatic carbocycles. The molecule has 0 nitrogen and oxygen atoms in total. The van der Waals surface area contributed by atoms with E-state index in [4.69, 9.17) is 0 Å². The summed E-state index contributed by atoms with van der Waals surface area (Å²) in [7, 11) is 0. The van der Waals surface area contributed by atoms with Crippen molar-refractivity contribution in [2.75, 3.05) is 0 Å². The molecule has 23 heavy (non-hydrogen) atoms. The molecule has 0 aliphatic heterocycles. The lowest BCUT2D eigenvalue weighted by Crippen LogP contribution is -2.04. The first-order valence-corrected chi connectivity index (χ1v) is 6.76. The summed E-state index contributed by atoms with van der Waals surface area (Å²) in [6.07, 6.45) is -5.72. The molecule has 1 fully saturated rings. The van der Waals surface area contributed by atoms with E-state index >= 15 is 0 Å². The van der Waals surface area contributed by atoms with Gasteiger partial charge in [-0.3, -0.25) is 0 Å². The summed E-state index contributed by atoms with van der Waals surface area (Å²) in [5.74, 6) is -0.372.